The Labute approximate surface area is 157 Å². The predicted octanol–water partition coefficient (Wildman–Crippen LogP) is 3.36. The molecule has 0 radical (unpaired) electrons. The largest absolute Gasteiger partial charge is 0.495 e. The second-order valence-corrected chi connectivity index (χ2v) is 9.48. The van der Waals surface area contributed by atoms with Crippen LogP contribution in [0.4, 0.5) is 0 Å². The molecular formula is C21H31BO4. The van der Waals surface area contributed by atoms with Gasteiger partial charge in [0.05, 0.1) is 17.6 Å². The van der Waals surface area contributed by atoms with Gasteiger partial charge in [0.2, 0.25) is 0 Å². The van der Waals surface area contributed by atoms with Crippen molar-refractivity contribution >= 4 is 18.6 Å². The van der Waals surface area contributed by atoms with Crippen LogP contribution in [0.25, 0.3) is 0 Å². The third-order valence-corrected chi connectivity index (χ3v) is 5.69. The summed E-state index contributed by atoms with van der Waals surface area (Å²) in [6, 6.07) is 4.24. The zero-order valence-corrected chi connectivity index (χ0v) is 17.2. The fourth-order valence-electron chi connectivity index (χ4n) is 3.68. The van der Waals surface area contributed by atoms with Gasteiger partial charge in [0.25, 0.3) is 0 Å². The van der Waals surface area contributed by atoms with Crippen molar-refractivity contribution in [2.75, 3.05) is 0 Å². The Balaban J connectivity index is 1.95. The third-order valence-electron chi connectivity index (χ3n) is 5.69. The maximum absolute atomic E-state index is 12.5. The second-order valence-electron chi connectivity index (χ2n) is 9.48. The van der Waals surface area contributed by atoms with Gasteiger partial charge in [-0.05, 0) is 89.9 Å². The quantitative estimate of drug-likeness (QED) is 0.614. The number of rotatable bonds is 3. The molecule has 1 aliphatic heterocycles. The lowest BCUT2D eigenvalue weighted by Crippen LogP contribution is -2.41. The van der Waals surface area contributed by atoms with Crippen LogP contribution in [-0.2, 0) is 38.1 Å². The fourth-order valence-corrected chi connectivity index (χ4v) is 3.68. The number of ether oxygens (including phenoxy) is 1. The molecule has 1 aromatic carbocycles. The number of hydrogen-bond donors (Lipinski definition) is 0. The summed E-state index contributed by atoms with van der Waals surface area (Å²) in [5.41, 5.74) is 3.33. The number of carbonyl (C=O) groups is 1. The summed E-state index contributed by atoms with van der Waals surface area (Å²) in [4.78, 5) is 12.5. The maximum Gasteiger partial charge on any atom is 0.495 e. The second kappa shape index (κ2) is 6.38. The van der Waals surface area contributed by atoms with Gasteiger partial charge >= 0.3 is 13.1 Å². The summed E-state index contributed by atoms with van der Waals surface area (Å²) in [5, 5.41) is 0. The molecule has 26 heavy (non-hydrogen) atoms. The molecule has 2 aliphatic rings. The van der Waals surface area contributed by atoms with Crippen molar-refractivity contribution in [1.82, 2.24) is 0 Å². The smallest absolute Gasteiger partial charge is 0.460 e. The normalized spacial score (nSPS) is 21.0. The van der Waals surface area contributed by atoms with Gasteiger partial charge in [-0.25, -0.2) is 0 Å². The standard InChI is InChI=1S/C21H31BO4/c1-19(2,3)24-18(23)13-16-15-10-8-9-14(15)11-12-17(16)22-25-20(4,5)21(6,7)26-22/h11-12H,8-10,13H2,1-7H3. The number of esters is 1. The summed E-state index contributed by atoms with van der Waals surface area (Å²) in [6.45, 7) is 13.9. The summed E-state index contributed by atoms with van der Waals surface area (Å²) in [6.07, 6.45) is 3.46. The van der Waals surface area contributed by atoms with Crippen LogP contribution in [0.3, 0.4) is 0 Å². The minimum Gasteiger partial charge on any atom is -0.460 e. The Morgan fingerprint density at radius 3 is 2.31 bits per heavy atom. The van der Waals surface area contributed by atoms with Gasteiger partial charge < -0.3 is 14.0 Å². The molecule has 4 nitrogen and oxygen atoms in total. The lowest BCUT2D eigenvalue weighted by molar-refractivity contribution is -0.153. The van der Waals surface area contributed by atoms with Crippen LogP contribution in [0.2, 0.25) is 0 Å². The molecule has 1 aromatic rings. The van der Waals surface area contributed by atoms with Crippen molar-refractivity contribution in [3.63, 3.8) is 0 Å². The summed E-state index contributed by atoms with van der Waals surface area (Å²) in [7, 11) is -0.455. The Morgan fingerprint density at radius 1 is 1.12 bits per heavy atom. The van der Waals surface area contributed by atoms with Gasteiger partial charge in [-0.3, -0.25) is 4.79 Å². The van der Waals surface area contributed by atoms with Crippen molar-refractivity contribution < 1.29 is 18.8 Å². The Bertz CT molecular complexity index is 699. The van der Waals surface area contributed by atoms with Gasteiger partial charge in [-0.15, -0.1) is 0 Å². The van der Waals surface area contributed by atoms with Crippen molar-refractivity contribution in [3.05, 3.63) is 28.8 Å². The van der Waals surface area contributed by atoms with E-state index in [1.54, 1.807) is 0 Å². The zero-order chi connectivity index (χ0) is 19.3. The molecule has 0 bridgehead atoms. The number of benzene rings is 1. The first kappa shape index (κ1) is 19.4. The van der Waals surface area contributed by atoms with Gasteiger partial charge in [0, 0.05) is 0 Å². The van der Waals surface area contributed by atoms with E-state index in [0.717, 1.165) is 30.3 Å². The monoisotopic (exact) mass is 358 g/mol. The molecule has 1 aliphatic carbocycles. The van der Waals surface area contributed by atoms with Crippen LogP contribution in [0, 0.1) is 0 Å². The van der Waals surface area contributed by atoms with E-state index in [-0.39, 0.29) is 12.4 Å². The minimum atomic E-state index is -0.487. The highest BCUT2D eigenvalue weighted by atomic mass is 16.7. The fraction of sp³-hybridized carbons (Fsp3) is 0.667. The SMILES string of the molecule is CC(C)(C)OC(=O)Cc1c(B2OC(C)(C)C(C)(C)O2)ccc2c1CCC2. The molecule has 0 spiro atoms. The molecule has 0 N–H and O–H groups in total. The molecule has 0 aromatic heterocycles. The molecule has 1 heterocycles. The first-order chi connectivity index (χ1) is 11.9. The van der Waals surface area contributed by atoms with Crippen LogP contribution < -0.4 is 5.46 Å². The lowest BCUT2D eigenvalue weighted by atomic mass is 9.73. The third kappa shape index (κ3) is 3.70. The highest BCUT2D eigenvalue weighted by molar-refractivity contribution is 6.62. The number of carbonyl (C=O) groups excluding carboxylic acids is 1. The van der Waals surface area contributed by atoms with E-state index in [1.807, 2.05) is 48.5 Å². The van der Waals surface area contributed by atoms with Gasteiger partial charge in [0.15, 0.2) is 0 Å². The Morgan fingerprint density at radius 2 is 1.73 bits per heavy atom. The van der Waals surface area contributed by atoms with Crippen molar-refractivity contribution in [3.8, 4) is 0 Å². The van der Waals surface area contributed by atoms with Crippen molar-refractivity contribution in [2.24, 2.45) is 0 Å². The van der Waals surface area contributed by atoms with E-state index >= 15 is 0 Å². The molecule has 3 rings (SSSR count). The Hall–Kier alpha value is -1.33. The molecule has 1 fully saturated rings. The van der Waals surface area contributed by atoms with Crippen LogP contribution in [-0.4, -0.2) is 29.9 Å². The van der Waals surface area contributed by atoms with Crippen LogP contribution in [0.5, 0.6) is 0 Å². The first-order valence-corrected chi connectivity index (χ1v) is 9.61. The molecule has 0 unspecified atom stereocenters. The van der Waals surface area contributed by atoms with E-state index < -0.39 is 23.9 Å². The molecule has 1 saturated heterocycles. The van der Waals surface area contributed by atoms with E-state index in [2.05, 4.69) is 12.1 Å². The van der Waals surface area contributed by atoms with Gasteiger partial charge in [-0.2, -0.15) is 0 Å². The highest BCUT2D eigenvalue weighted by Crippen LogP contribution is 2.37. The summed E-state index contributed by atoms with van der Waals surface area (Å²) in [5.74, 6) is -0.199. The van der Waals surface area contributed by atoms with Crippen LogP contribution in [0.1, 0.15) is 71.6 Å². The van der Waals surface area contributed by atoms with Crippen molar-refractivity contribution in [1.29, 1.82) is 0 Å². The average Bonchev–Trinajstić information content (AvgIpc) is 3.00. The minimum absolute atomic E-state index is 0.199. The molecular weight excluding hydrogens is 327 g/mol. The molecule has 0 saturated carbocycles. The van der Waals surface area contributed by atoms with Gasteiger partial charge in [0.1, 0.15) is 5.60 Å². The molecule has 0 atom stereocenters. The molecule has 142 valence electrons. The maximum atomic E-state index is 12.5. The van der Waals surface area contributed by atoms with Crippen LogP contribution >= 0.6 is 0 Å². The summed E-state index contributed by atoms with van der Waals surface area (Å²) >= 11 is 0. The zero-order valence-electron chi connectivity index (χ0n) is 17.2. The van der Waals surface area contributed by atoms with Crippen LogP contribution in [0.15, 0.2) is 12.1 Å². The van der Waals surface area contributed by atoms with E-state index in [0.29, 0.717) is 0 Å². The number of aryl methyl sites for hydroxylation is 1. The number of fused-ring (bicyclic) bond motifs is 1. The summed E-state index contributed by atoms with van der Waals surface area (Å²) < 4.78 is 18.1. The van der Waals surface area contributed by atoms with E-state index in [1.165, 1.54) is 11.1 Å². The average molecular weight is 358 g/mol. The topological polar surface area (TPSA) is 44.8 Å². The Kier molecular flexibility index (Phi) is 4.77. The predicted molar refractivity (Wildman–Crippen MR) is 104 cm³/mol. The first-order valence-electron chi connectivity index (χ1n) is 9.61. The van der Waals surface area contributed by atoms with E-state index in [4.69, 9.17) is 14.0 Å². The molecule has 0 amide bonds. The molecule has 5 heteroatoms. The number of hydrogen-bond acceptors (Lipinski definition) is 4. The van der Waals surface area contributed by atoms with Gasteiger partial charge in [-0.1, -0.05) is 12.1 Å². The highest BCUT2D eigenvalue weighted by Gasteiger charge is 2.52. The lowest BCUT2D eigenvalue weighted by Gasteiger charge is -2.32. The van der Waals surface area contributed by atoms with E-state index in [9.17, 15) is 4.79 Å². The van der Waals surface area contributed by atoms with Crippen molar-refractivity contribution in [2.45, 2.75) is 91.0 Å².